The number of primary amides is 1. The molecule has 1 aliphatic rings. The summed E-state index contributed by atoms with van der Waals surface area (Å²) in [6.07, 6.45) is 0.631. The van der Waals surface area contributed by atoms with Crippen LogP contribution in [0.2, 0.25) is 0 Å². The molecule has 1 aliphatic heterocycles. The number of hydrogen-bond acceptors (Lipinski definition) is 4. The summed E-state index contributed by atoms with van der Waals surface area (Å²) in [7, 11) is 0. The van der Waals surface area contributed by atoms with Crippen LogP contribution in [0.3, 0.4) is 0 Å². The number of anilines is 2. The van der Waals surface area contributed by atoms with Crippen molar-refractivity contribution in [3.05, 3.63) is 46.3 Å². The van der Waals surface area contributed by atoms with Gasteiger partial charge in [-0.2, -0.15) is 0 Å². The Balaban J connectivity index is 1.81. The Morgan fingerprint density at radius 1 is 1.18 bits per heavy atom. The molecule has 0 atom stereocenters. The molecule has 1 aromatic heterocycles. The molecule has 0 spiro atoms. The number of urea groups is 1. The molecule has 0 saturated heterocycles. The monoisotopic (exact) mass is 317 g/mol. The number of fused-ring (bicyclic) bond motifs is 1. The third-order valence-corrected chi connectivity index (χ3v) is 4.45. The summed E-state index contributed by atoms with van der Waals surface area (Å²) >= 11 is 1.33. The van der Waals surface area contributed by atoms with E-state index in [1.165, 1.54) is 11.3 Å². The number of amides is 3. The lowest BCUT2D eigenvalue weighted by Gasteiger charge is -2.12. The van der Waals surface area contributed by atoms with Crippen molar-refractivity contribution >= 4 is 34.0 Å². The minimum atomic E-state index is -0.533. The number of rotatable bonds is 3. The number of nitrogens with two attached hydrogens (primary N) is 1. The Morgan fingerprint density at radius 2 is 1.95 bits per heavy atom. The highest BCUT2D eigenvalue weighted by Gasteiger charge is 2.25. The average Bonchev–Trinajstić information content (AvgIpc) is 2.85. The Labute approximate surface area is 131 Å². The molecule has 2 aromatic rings. The van der Waals surface area contributed by atoms with Crippen LogP contribution in [-0.4, -0.2) is 18.5 Å². The molecule has 0 bridgehead atoms. The number of carbonyl (C=O) groups excluding carboxylic acids is 2. The molecule has 1 aromatic carbocycles. The summed E-state index contributed by atoms with van der Waals surface area (Å²) in [5.74, 6) is -0.533. The van der Waals surface area contributed by atoms with Gasteiger partial charge in [-0.15, -0.1) is 11.3 Å². The molecule has 2 heterocycles. The summed E-state index contributed by atoms with van der Waals surface area (Å²) in [6.45, 7) is 1.00. The predicted molar refractivity (Wildman–Crippen MR) is 85.3 cm³/mol. The van der Waals surface area contributed by atoms with Crippen LogP contribution in [-0.2, 0) is 17.8 Å². The zero-order chi connectivity index (χ0) is 15.5. The maximum absolute atomic E-state index is 12.1. The summed E-state index contributed by atoms with van der Waals surface area (Å²) in [5.41, 5.74) is 7.42. The van der Waals surface area contributed by atoms with E-state index in [0.717, 1.165) is 10.4 Å². The fraction of sp³-hybridized carbons (Fsp3) is 0.200. The SMILES string of the molecule is NC(=O)c1c(NC(=O)Nc2ccccc2)sc2c1CCOC2. The second-order valence-electron chi connectivity index (χ2n) is 4.82. The smallest absolute Gasteiger partial charge is 0.324 e. The zero-order valence-electron chi connectivity index (χ0n) is 11.7. The number of carbonyl (C=O) groups is 2. The first-order valence-corrected chi connectivity index (χ1v) is 7.62. The van der Waals surface area contributed by atoms with E-state index in [0.29, 0.717) is 35.9 Å². The predicted octanol–water partition coefficient (Wildman–Crippen LogP) is 2.56. The number of benzene rings is 1. The fourth-order valence-electron chi connectivity index (χ4n) is 2.37. The first-order valence-electron chi connectivity index (χ1n) is 6.80. The van der Waals surface area contributed by atoms with E-state index < -0.39 is 11.9 Å². The summed E-state index contributed by atoms with van der Waals surface area (Å²) in [5, 5.41) is 5.89. The molecule has 0 radical (unpaired) electrons. The van der Waals surface area contributed by atoms with Gasteiger partial charge in [0, 0.05) is 10.6 Å². The van der Waals surface area contributed by atoms with Crippen LogP contribution in [0.15, 0.2) is 30.3 Å². The fourth-order valence-corrected chi connectivity index (χ4v) is 3.55. The Bertz CT molecular complexity index is 712. The molecular formula is C15H15N3O3S. The maximum atomic E-state index is 12.1. The molecule has 0 saturated carbocycles. The molecule has 0 unspecified atom stereocenters. The van der Waals surface area contributed by atoms with Gasteiger partial charge in [-0.25, -0.2) is 4.79 Å². The molecule has 6 nitrogen and oxygen atoms in total. The molecule has 22 heavy (non-hydrogen) atoms. The van der Waals surface area contributed by atoms with Gasteiger partial charge in [0.05, 0.1) is 18.8 Å². The largest absolute Gasteiger partial charge is 0.376 e. The van der Waals surface area contributed by atoms with Crippen molar-refractivity contribution in [1.29, 1.82) is 0 Å². The molecule has 3 rings (SSSR count). The molecule has 114 valence electrons. The van der Waals surface area contributed by atoms with Crippen molar-refractivity contribution in [3.63, 3.8) is 0 Å². The highest BCUT2D eigenvalue weighted by Crippen LogP contribution is 2.36. The minimum Gasteiger partial charge on any atom is -0.376 e. The van der Waals surface area contributed by atoms with Gasteiger partial charge in [0.15, 0.2) is 0 Å². The van der Waals surface area contributed by atoms with Crippen molar-refractivity contribution < 1.29 is 14.3 Å². The summed E-state index contributed by atoms with van der Waals surface area (Å²) in [6, 6.07) is 8.66. The van der Waals surface area contributed by atoms with Gasteiger partial charge >= 0.3 is 6.03 Å². The second kappa shape index (κ2) is 6.17. The van der Waals surface area contributed by atoms with Crippen LogP contribution in [0.1, 0.15) is 20.8 Å². The number of para-hydroxylation sites is 1. The Morgan fingerprint density at radius 3 is 2.68 bits per heavy atom. The standard InChI is InChI=1S/C15H15N3O3S/c16-13(19)12-10-6-7-21-8-11(10)22-14(12)18-15(20)17-9-4-2-1-3-5-9/h1-5H,6-8H2,(H2,16,19)(H2,17,18,20). The second-order valence-corrected chi connectivity index (χ2v) is 5.93. The third-order valence-electron chi connectivity index (χ3n) is 3.33. The first-order chi connectivity index (χ1) is 10.6. The molecule has 7 heteroatoms. The van der Waals surface area contributed by atoms with Gasteiger partial charge in [0.1, 0.15) is 5.00 Å². The van der Waals surface area contributed by atoms with Crippen molar-refractivity contribution in [2.75, 3.05) is 17.2 Å². The molecule has 4 N–H and O–H groups in total. The molecular weight excluding hydrogens is 302 g/mol. The van der Waals surface area contributed by atoms with Crippen molar-refractivity contribution in [2.24, 2.45) is 5.73 Å². The van der Waals surface area contributed by atoms with Crippen molar-refractivity contribution in [2.45, 2.75) is 13.0 Å². The number of thiophene rings is 1. The van der Waals surface area contributed by atoms with Gasteiger partial charge in [-0.05, 0) is 24.1 Å². The normalized spacial score (nSPS) is 13.3. The zero-order valence-corrected chi connectivity index (χ0v) is 12.5. The van der Waals surface area contributed by atoms with E-state index in [9.17, 15) is 9.59 Å². The Hall–Kier alpha value is -2.38. The van der Waals surface area contributed by atoms with Gasteiger partial charge < -0.3 is 15.8 Å². The number of ether oxygens (including phenoxy) is 1. The van der Waals surface area contributed by atoms with E-state index in [2.05, 4.69) is 10.6 Å². The maximum Gasteiger partial charge on any atom is 0.324 e. The highest BCUT2D eigenvalue weighted by molar-refractivity contribution is 7.17. The van der Waals surface area contributed by atoms with Gasteiger partial charge in [0.25, 0.3) is 5.91 Å². The van der Waals surface area contributed by atoms with Gasteiger partial charge in [-0.1, -0.05) is 18.2 Å². The molecule has 0 aliphatic carbocycles. The Kier molecular flexibility index (Phi) is 4.08. The van der Waals surface area contributed by atoms with E-state index in [-0.39, 0.29) is 0 Å². The topological polar surface area (TPSA) is 93.5 Å². The lowest BCUT2D eigenvalue weighted by Crippen LogP contribution is -2.22. The quantitative estimate of drug-likeness (QED) is 0.812. The summed E-state index contributed by atoms with van der Waals surface area (Å²) < 4.78 is 5.37. The van der Waals surface area contributed by atoms with Crippen LogP contribution in [0.25, 0.3) is 0 Å². The number of hydrogen-bond donors (Lipinski definition) is 3. The lowest BCUT2D eigenvalue weighted by atomic mass is 10.1. The molecule has 0 fully saturated rings. The first kappa shape index (κ1) is 14.6. The lowest BCUT2D eigenvalue weighted by molar-refractivity contribution is 0.0991. The van der Waals surface area contributed by atoms with Crippen LogP contribution in [0.5, 0.6) is 0 Å². The third kappa shape index (κ3) is 2.95. The molecule has 3 amide bonds. The van der Waals surface area contributed by atoms with Gasteiger partial charge in [-0.3, -0.25) is 10.1 Å². The van der Waals surface area contributed by atoms with Crippen LogP contribution < -0.4 is 16.4 Å². The van der Waals surface area contributed by atoms with Crippen molar-refractivity contribution in [1.82, 2.24) is 0 Å². The highest BCUT2D eigenvalue weighted by atomic mass is 32.1. The van der Waals surface area contributed by atoms with Crippen LogP contribution in [0, 0.1) is 0 Å². The van der Waals surface area contributed by atoms with E-state index in [1.54, 1.807) is 12.1 Å². The van der Waals surface area contributed by atoms with E-state index in [1.807, 2.05) is 18.2 Å². The van der Waals surface area contributed by atoms with Crippen LogP contribution in [0.4, 0.5) is 15.5 Å². The number of nitrogens with one attached hydrogen (secondary N) is 2. The summed E-state index contributed by atoms with van der Waals surface area (Å²) in [4.78, 5) is 24.7. The van der Waals surface area contributed by atoms with Crippen molar-refractivity contribution in [3.8, 4) is 0 Å². The average molecular weight is 317 g/mol. The van der Waals surface area contributed by atoms with E-state index >= 15 is 0 Å². The van der Waals surface area contributed by atoms with Gasteiger partial charge in [0.2, 0.25) is 0 Å². The van der Waals surface area contributed by atoms with E-state index in [4.69, 9.17) is 10.5 Å². The minimum absolute atomic E-state index is 0.395. The van der Waals surface area contributed by atoms with Crippen LogP contribution >= 0.6 is 11.3 Å².